The van der Waals surface area contributed by atoms with Crippen LogP contribution in [-0.4, -0.2) is 95.7 Å². The van der Waals surface area contributed by atoms with E-state index in [-0.39, 0.29) is 6.03 Å². The molecule has 0 aromatic carbocycles. The number of pyridine rings is 1. The molecule has 0 spiro atoms. The number of hydrogen-bond donors (Lipinski definition) is 3. The number of carbonyl (C=O) groups excluding carboxylic acids is 1. The number of amides is 2. The molecule has 1 aromatic heterocycles. The number of unbranched alkanes of at least 4 members (excludes halogenated alkanes) is 1. The highest BCUT2D eigenvalue weighted by Crippen LogP contribution is 2.20. The van der Waals surface area contributed by atoms with Gasteiger partial charge in [0.1, 0.15) is 11.9 Å². The van der Waals surface area contributed by atoms with Gasteiger partial charge in [-0.2, -0.15) is 0 Å². The Hall–Kier alpha value is -3.25. The van der Waals surface area contributed by atoms with Gasteiger partial charge in [0.2, 0.25) is 0 Å². The predicted octanol–water partition coefficient (Wildman–Crippen LogP) is 3.82. The zero-order valence-electron chi connectivity index (χ0n) is 24.3. The molecule has 0 aliphatic carbocycles. The van der Waals surface area contributed by atoms with Crippen LogP contribution in [0.1, 0.15) is 64.1 Å². The summed E-state index contributed by atoms with van der Waals surface area (Å²) in [5.74, 6) is 6.08. The topological polar surface area (TPSA) is 101 Å². The van der Waals surface area contributed by atoms with Gasteiger partial charge in [0.05, 0.1) is 0 Å². The van der Waals surface area contributed by atoms with Crippen molar-refractivity contribution in [3.63, 3.8) is 0 Å². The monoisotopic (exact) mass is 540 g/mol. The lowest BCUT2D eigenvalue weighted by molar-refractivity contribution is -0.139. The van der Waals surface area contributed by atoms with Crippen LogP contribution < -0.4 is 10.6 Å². The van der Waals surface area contributed by atoms with Crippen molar-refractivity contribution in [1.29, 1.82) is 0 Å². The van der Waals surface area contributed by atoms with Gasteiger partial charge in [-0.1, -0.05) is 24.8 Å². The van der Waals surface area contributed by atoms with Gasteiger partial charge in [-0.15, -0.1) is 0 Å². The van der Waals surface area contributed by atoms with E-state index in [1.807, 2.05) is 40.1 Å². The fourth-order valence-electron chi connectivity index (χ4n) is 4.50. The lowest BCUT2D eigenvalue weighted by Gasteiger charge is -2.27. The van der Waals surface area contributed by atoms with E-state index < -0.39 is 12.0 Å². The summed E-state index contributed by atoms with van der Waals surface area (Å²) < 4.78 is 0. The number of aryl methyl sites for hydroxylation is 2. The minimum atomic E-state index is -1.00. The molecule has 0 saturated heterocycles. The Kier molecular flexibility index (Phi) is 14.8. The fraction of sp³-hybridized carbons (Fsp3) is 0.633. The SMILES string of the molecule is CCC#C/C=C\N(C)CCN(CCCCc1ccc2c(n1)NCCC2)CCC(NC(=O)N(CC)CC)C(=O)O. The molecule has 1 aromatic rings. The summed E-state index contributed by atoms with van der Waals surface area (Å²) in [6, 6.07) is 3.09. The Labute approximate surface area is 235 Å². The van der Waals surface area contributed by atoms with Crippen molar-refractivity contribution >= 4 is 17.8 Å². The predicted molar refractivity (Wildman–Crippen MR) is 158 cm³/mol. The number of rotatable bonds is 16. The molecule has 1 aliphatic rings. The summed E-state index contributed by atoms with van der Waals surface area (Å²) in [5, 5.41) is 15.9. The molecule has 2 heterocycles. The van der Waals surface area contributed by atoms with Crippen LogP contribution in [0.25, 0.3) is 0 Å². The maximum absolute atomic E-state index is 12.5. The number of allylic oxidation sites excluding steroid dienone is 1. The average Bonchev–Trinajstić information content (AvgIpc) is 2.94. The van der Waals surface area contributed by atoms with Gasteiger partial charge in [-0.3, -0.25) is 0 Å². The van der Waals surface area contributed by atoms with Crippen molar-refractivity contribution in [3.05, 3.63) is 35.7 Å². The van der Waals surface area contributed by atoms with Crippen LogP contribution >= 0.6 is 0 Å². The van der Waals surface area contributed by atoms with Crippen molar-refractivity contribution in [1.82, 2.24) is 25.0 Å². The molecular formula is C30H48N6O3. The standard InChI is InChI=1S/C30H48N6O3/c1-5-8-9-11-20-34(4)23-24-35(22-18-27(29(37)38)33-30(39)36(6-2)7-3)21-12-10-15-26-17-16-25-14-13-19-31-28(25)32-26/h11,16-17,20,27H,5-7,10,12-15,18-19,21-24H2,1-4H3,(H,31,32)(H,33,39)(H,37,38)/b20-11-. The molecule has 0 radical (unpaired) electrons. The highest BCUT2D eigenvalue weighted by atomic mass is 16.4. The molecule has 2 amide bonds. The second-order valence-corrected chi connectivity index (χ2v) is 9.91. The molecule has 0 saturated carbocycles. The maximum atomic E-state index is 12.5. The summed E-state index contributed by atoms with van der Waals surface area (Å²) in [6.07, 6.45) is 10.2. The zero-order valence-corrected chi connectivity index (χ0v) is 24.3. The number of urea groups is 1. The second-order valence-electron chi connectivity index (χ2n) is 9.91. The molecular weight excluding hydrogens is 492 g/mol. The first-order chi connectivity index (χ1) is 18.9. The zero-order chi connectivity index (χ0) is 28.5. The van der Waals surface area contributed by atoms with Gasteiger partial charge in [0.25, 0.3) is 0 Å². The molecule has 1 aliphatic heterocycles. The van der Waals surface area contributed by atoms with Crippen molar-refractivity contribution in [2.45, 2.75) is 71.8 Å². The number of aromatic nitrogens is 1. The summed E-state index contributed by atoms with van der Waals surface area (Å²) in [5.41, 5.74) is 2.41. The summed E-state index contributed by atoms with van der Waals surface area (Å²) in [4.78, 5) is 35.2. The number of carbonyl (C=O) groups is 2. The van der Waals surface area contributed by atoms with E-state index >= 15 is 0 Å². The van der Waals surface area contributed by atoms with Crippen LogP contribution in [0.5, 0.6) is 0 Å². The first-order valence-corrected chi connectivity index (χ1v) is 14.5. The van der Waals surface area contributed by atoms with E-state index in [4.69, 9.17) is 4.98 Å². The van der Waals surface area contributed by atoms with E-state index in [0.29, 0.717) is 26.1 Å². The van der Waals surface area contributed by atoms with Crippen molar-refractivity contribution in [2.75, 3.05) is 58.2 Å². The lowest BCUT2D eigenvalue weighted by atomic mass is 10.1. The van der Waals surface area contributed by atoms with E-state index in [1.54, 1.807) is 4.90 Å². The molecule has 1 atom stereocenters. The van der Waals surface area contributed by atoms with E-state index in [2.05, 4.69) is 44.4 Å². The molecule has 216 valence electrons. The molecule has 0 fully saturated rings. The molecule has 9 heteroatoms. The van der Waals surface area contributed by atoms with Crippen LogP contribution in [0, 0.1) is 11.8 Å². The van der Waals surface area contributed by atoms with Crippen LogP contribution in [0.2, 0.25) is 0 Å². The van der Waals surface area contributed by atoms with E-state index in [0.717, 1.165) is 76.2 Å². The fourth-order valence-corrected chi connectivity index (χ4v) is 4.50. The Balaban J connectivity index is 1.93. The minimum absolute atomic E-state index is 0.330. The molecule has 9 nitrogen and oxygen atoms in total. The van der Waals surface area contributed by atoms with Crippen LogP contribution in [0.15, 0.2) is 24.4 Å². The second kappa shape index (κ2) is 18.1. The number of nitrogens with zero attached hydrogens (tertiary/aromatic N) is 4. The Morgan fingerprint density at radius 3 is 2.67 bits per heavy atom. The Morgan fingerprint density at radius 1 is 1.15 bits per heavy atom. The molecule has 0 bridgehead atoms. The quantitative estimate of drug-likeness (QED) is 0.216. The smallest absolute Gasteiger partial charge is 0.326 e. The lowest BCUT2D eigenvalue weighted by Crippen LogP contribution is -2.49. The molecule has 1 unspecified atom stereocenters. The highest BCUT2D eigenvalue weighted by molar-refractivity contribution is 5.82. The average molecular weight is 541 g/mol. The number of likely N-dealkylation sites (N-methyl/N-ethyl adjacent to an activating group) is 1. The van der Waals surface area contributed by atoms with Gasteiger partial charge >= 0.3 is 12.0 Å². The summed E-state index contributed by atoms with van der Waals surface area (Å²) in [7, 11) is 2.02. The highest BCUT2D eigenvalue weighted by Gasteiger charge is 2.23. The van der Waals surface area contributed by atoms with Gasteiger partial charge < -0.3 is 30.4 Å². The van der Waals surface area contributed by atoms with Crippen molar-refractivity contribution in [2.24, 2.45) is 0 Å². The first-order valence-electron chi connectivity index (χ1n) is 14.5. The summed E-state index contributed by atoms with van der Waals surface area (Å²) in [6.45, 7) is 10.9. The maximum Gasteiger partial charge on any atom is 0.326 e. The largest absolute Gasteiger partial charge is 0.480 e. The van der Waals surface area contributed by atoms with Crippen molar-refractivity contribution < 1.29 is 14.7 Å². The third-order valence-corrected chi connectivity index (χ3v) is 6.95. The molecule has 3 N–H and O–H groups in total. The Morgan fingerprint density at radius 2 is 1.95 bits per heavy atom. The van der Waals surface area contributed by atoms with Crippen LogP contribution in [-0.2, 0) is 17.6 Å². The third kappa shape index (κ3) is 12.0. The normalized spacial score (nSPS) is 13.3. The van der Waals surface area contributed by atoms with Gasteiger partial charge in [0, 0.05) is 70.7 Å². The van der Waals surface area contributed by atoms with Crippen LogP contribution in [0.4, 0.5) is 10.6 Å². The van der Waals surface area contributed by atoms with Gasteiger partial charge in [-0.05, 0) is 70.5 Å². The number of anilines is 1. The van der Waals surface area contributed by atoms with Crippen molar-refractivity contribution in [3.8, 4) is 11.8 Å². The first kappa shape index (κ1) is 32.0. The number of aliphatic carboxylic acids is 1. The van der Waals surface area contributed by atoms with Gasteiger partial charge in [0.15, 0.2) is 0 Å². The Bertz CT molecular complexity index is 983. The molecule has 39 heavy (non-hydrogen) atoms. The number of carboxylic acids is 1. The number of hydrogen-bond acceptors (Lipinski definition) is 6. The molecule has 2 rings (SSSR count). The van der Waals surface area contributed by atoms with Gasteiger partial charge in [-0.25, -0.2) is 14.6 Å². The number of fused-ring (bicyclic) bond motifs is 1. The summed E-state index contributed by atoms with van der Waals surface area (Å²) >= 11 is 0. The third-order valence-electron chi connectivity index (χ3n) is 6.95. The van der Waals surface area contributed by atoms with Crippen LogP contribution in [0.3, 0.4) is 0 Å². The van der Waals surface area contributed by atoms with E-state index in [1.165, 1.54) is 5.56 Å². The van der Waals surface area contributed by atoms with E-state index in [9.17, 15) is 14.7 Å². The number of carboxylic acid groups (broad SMARTS) is 1. The minimum Gasteiger partial charge on any atom is -0.480 e. The number of nitrogens with one attached hydrogen (secondary N) is 2.